The van der Waals surface area contributed by atoms with E-state index >= 15 is 0 Å². The second-order valence-electron chi connectivity index (χ2n) is 5.61. The van der Waals surface area contributed by atoms with E-state index < -0.39 is 0 Å². The van der Waals surface area contributed by atoms with E-state index in [-0.39, 0.29) is 11.9 Å². The summed E-state index contributed by atoms with van der Waals surface area (Å²) in [4.78, 5) is 18.7. The Hall–Kier alpha value is -1.89. The number of carbonyl (C=O) groups excluding carboxylic acids is 1. The molecule has 0 radical (unpaired) electrons. The summed E-state index contributed by atoms with van der Waals surface area (Å²) in [6.07, 6.45) is 5.02. The van der Waals surface area contributed by atoms with Crippen LogP contribution in [0.3, 0.4) is 0 Å². The first-order valence-electron chi connectivity index (χ1n) is 7.21. The molecule has 1 aliphatic heterocycles. The topological polar surface area (TPSA) is 71.3 Å². The maximum absolute atomic E-state index is 12.2. The zero-order chi connectivity index (χ0) is 14.2. The van der Waals surface area contributed by atoms with E-state index in [2.05, 4.69) is 20.4 Å². The molecule has 1 amide bonds. The standard InChI is InChI=1S/C14H16N4O2S/c19-13(11-7-12(20-17-11)9-1-2-9)16-10-3-5-18(8-10)14-15-4-6-21-14/h4,6-7,9-10H,1-3,5,8H2,(H,16,19)/t10-/m0/s1. The highest BCUT2D eigenvalue weighted by Gasteiger charge is 2.30. The third-order valence-corrected chi connectivity index (χ3v) is 4.79. The van der Waals surface area contributed by atoms with E-state index in [0.29, 0.717) is 11.6 Å². The number of hydrogen-bond donors (Lipinski definition) is 1. The number of amides is 1. The quantitative estimate of drug-likeness (QED) is 0.935. The van der Waals surface area contributed by atoms with Crippen molar-refractivity contribution in [3.05, 3.63) is 29.1 Å². The van der Waals surface area contributed by atoms with Gasteiger partial charge in [0.2, 0.25) is 0 Å². The molecule has 2 aliphatic rings. The lowest BCUT2D eigenvalue weighted by molar-refractivity contribution is 0.0931. The number of rotatable bonds is 4. The number of carbonyl (C=O) groups is 1. The number of thiazole rings is 1. The molecule has 2 fully saturated rings. The van der Waals surface area contributed by atoms with Gasteiger partial charge in [-0.3, -0.25) is 4.79 Å². The Morgan fingerprint density at radius 2 is 2.33 bits per heavy atom. The molecule has 7 heteroatoms. The summed E-state index contributed by atoms with van der Waals surface area (Å²) >= 11 is 1.63. The molecule has 4 rings (SSSR count). The molecule has 1 aliphatic carbocycles. The van der Waals surface area contributed by atoms with Gasteiger partial charge in [0.25, 0.3) is 5.91 Å². The molecule has 1 saturated heterocycles. The number of hydrogen-bond acceptors (Lipinski definition) is 6. The van der Waals surface area contributed by atoms with Gasteiger partial charge in [0.05, 0.1) is 0 Å². The Morgan fingerprint density at radius 1 is 1.43 bits per heavy atom. The molecule has 2 aromatic rings. The average molecular weight is 304 g/mol. The maximum atomic E-state index is 12.2. The van der Waals surface area contributed by atoms with Crippen molar-refractivity contribution in [1.82, 2.24) is 15.5 Å². The number of anilines is 1. The third-order valence-electron chi connectivity index (χ3n) is 3.95. The molecule has 21 heavy (non-hydrogen) atoms. The van der Waals surface area contributed by atoms with Gasteiger partial charge in [0.1, 0.15) is 5.76 Å². The van der Waals surface area contributed by atoms with E-state index in [1.54, 1.807) is 23.6 Å². The molecule has 0 bridgehead atoms. The second kappa shape index (κ2) is 5.14. The molecule has 1 atom stereocenters. The lowest BCUT2D eigenvalue weighted by atomic mass is 10.2. The molecule has 6 nitrogen and oxygen atoms in total. The Balaban J connectivity index is 1.36. The highest BCUT2D eigenvalue weighted by Crippen LogP contribution is 2.40. The number of nitrogens with zero attached hydrogens (tertiary/aromatic N) is 3. The van der Waals surface area contributed by atoms with Crippen LogP contribution in [-0.4, -0.2) is 35.2 Å². The van der Waals surface area contributed by atoms with Crippen molar-refractivity contribution in [3.8, 4) is 0 Å². The molecular formula is C14H16N4O2S. The van der Waals surface area contributed by atoms with Gasteiger partial charge in [-0.05, 0) is 19.3 Å². The van der Waals surface area contributed by atoms with Crippen LogP contribution in [0.5, 0.6) is 0 Å². The predicted octanol–water partition coefficient (Wildman–Crippen LogP) is 2.02. The van der Waals surface area contributed by atoms with Crippen LogP contribution in [0.2, 0.25) is 0 Å². The summed E-state index contributed by atoms with van der Waals surface area (Å²) < 4.78 is 5.22. The van der Waals surface area contributed by atoms with Gasteiger partial charge in [-0.2, -0.15) is 0 Å². The Morgan fingerprint density at radius 3 is 3.10 bits per heavy atom. The minimum atomic E-state index is -0.142. The van der Waals surface area contributed by atoms with Crippen molar-refractivity contribution in [3.63, 3.8) is 0 Å². The molecular weight excluding hydrogens is 288 g/mol. The summed E-state index contributed by atoms with van der Waals surface area (Å²) in [6, 6.07) is 1.92. The molecule has 1 saturated carbocycles. The van der Waals surface area contributed by atoms with E-state index in [4.69, 9.17) is 4.52 Å². The third kappa shape index (κ3) is 2.65. The van der Waals surface area contributed by atoms with Crippen molar-refractivity contribution in [2.45, 2.75) is 31.2 Å². The summed E-state index contributed by atoms with van der Waals surface area (Å²) in [7, 11) is 0. The molecule has 3 heterocycles. The molecule has 1 N–H and O–H groups in total. The van der Waals surface area contributed by atoms with Crippen LogP contribution < -0.4 is 10.2 Å². The first-order chi connectivity index (χ1) is 10.3. The minimum Gasteiger partial charge on any atom is -0.360 e. The fourth-order valence-electron chi connectivity index (χ4n) is 2.64. The van der Waals surface area contributed by atoms with Gasteiger partial charge in [0, 0.05) is 42.7 Å². The van der Waals surface area contributed by atoms with Gasteiger partial charge in [-0.15, -0.1) is 11.3 Å². The first-order valence-corrected chi connectivity index (χ1v) is 8.09. The largest absolute Gasteiger partial charge is 0.360 e. The van der Waals surface area contributed by atoms with Crippen molar-refractivity contribution in [2.75, 3.05) is 18.0 Å². The van der Waals surface area contributed by atoms with Crippen LogP contribution >= 0.6 is 11.3 Å². The van der Waals surface area contributed by atoms with Gasteiger partial charge in [0.15, 0.2) is 10.8 Å². The Bertz CT molecular complexity index is 635. The van der Waals surface area contributed by atoms with Gasteiger partial charge >= 0.3 is 0 Å². The van der Waals surface area contributed by atoms with E-state index in [1.807, 2.05) is 5.38 Å². The van der Waals surface area contributed by atoms with Crippen molar-refractivity contribution >= 4 is 22.4 Å². The molecule has 0 spiro atoms. The molecule has 110 valence electrons. The fourth-order valence-corrected chi connectivity index (χ4v) is 3.32. The lowest BCUT2D eigenvalue weighted by Gasteiger charge is -2.15. The van der Waals surface area contributed by atoms with Gasteiger partial charge in [-0.25, -0.2) is 4.98 Å². The summed E-state index contributed by atoms with van der Waals surface area (Å²) in [5.41, 5.74) is 0.393. The van der Waals surface area contributed by atoms with E-state index in [9.17, 15) is 4.79 Å². The van der Waals surface area contributed by atoms with Gasteiger partial charge in [-0.1, -0.05) is 5.16 Å². The molecule has 0 unspecified atom stereocenters. The summed E-state index contributed by atoms with van der Waals surface area (Å²) in [5.74, 6) is 1.18. The highest BCUT2D eigenvalue weighted by atomic mass is 32.1. The van der Waals surface area contributed by atoms with Crippen molar-refractivity contribution < 1.29 is 9.32 Å². The SMILES string of the molecule is O=C(N[C@H]1CCN(c2nccs2)C1)c1cc(C2CC2)on1. The zero-order valence-corrected chi connectivity index (χ0v) is 12.3. The van der Waals surface area contributed by atoms with Crippen LogP contribution in [0.1, 0.15) is 41.4 Å². The number of aromatic nitrogens is 2. The maximum Gasteiger partial charge on any atom is 0.273 e. The normalized spacial score (nSPS) is 21.7. The smallest absolute Gasteiger partial charge is 0.273 e. The Labute approximate surface area is 126 Å². The zero-order valence-electron chi connectivity index (χ0n) is 11.5. The van der Waals surface area contributed by atoms with Crippen LogP contribution in [0, 0.1) is 0 Å². The monoisotopic (exact) mass is 304 g/mol. The van der Waals surface area contributed by atoms with Crippen molar-refractivity contribution in [2.24, 2.45) is 0 Å². The highest BCUT2D eigenvalue weighted by molar-refractivity contribution is 7.13. The van der Waals surface area contributed by atoms with Crippen LogP contribution in [-0.2, 0) is 0 Å². The first kappa shape index (κ1) is 12.8. The van der Waals surface area contributed by atoms with Crippen LogP contribution in [0.15, 0.2) is 22.2 Å². The van der Waals surface area contributed by atoms with E-state index in [0.717, 1.165) is 43.2 Å². The molecule has 2 aromatic heterocycles. The fraction of sp³-hybridized carbons (Fsp3) is 0.500. The van der Waals surface area contributed by atoms with E-state index in [1.165, 1.54) is 0 Å². The van der Waals surface area contributed by atoms with Crippen LogP contribution in [0.4, 0.5) is 5.13 Å². The predicted molar refractivity (Wildman–Crippen MR) is 78.7 cm³/mol. The number of nitrogens with one attached hydrogen (secondary N) is 1. The van der Waals surface area contributed by atoms with Crippen molar-refractivity contribution in [1.29, 1.82) is 0 Å². The molecule has 0 aromatic carbocycles. The Kier molecular flexibility index (Phi) is 3.14. The average Bonchev–Trinajstić information content (AvgIpc) is 2.95. The summed E-state index contributed by atoms with van der Waals surface area (Å²) in [6.45, 7) is 1.72. The lowest BCUT2D eigenvalue weighted by Crippen LogP contribution is -2.37. The van der Waals surface area contributed by atoms with Gasteiger partial charge < -0.3 is 14.7 Å². The summed E-state index contributed by atoms with van der Waals surface area (Å²) in [5, 5.41) is 9.90. The van der Waals surface area contributed by atoms with Crippen LogP contribution in [0.25, 0.3) is 0 Å². The second-order valence-corrected chi connectivity index (χ2v) is 6.48. The minimum absolute atomic E-state index is 0.141.